The van der Waals surface area contributed by atoms with Gasteiger partial charge in [0.25, 0.3) is 19.4 Å². The van der Waals surface area contributed by atoms with E-state index in [1.165, 1.54) is 0 Å². The van der Waals surface area contributed by atoms with Crippen molar-refractivity contribution in [1.82, 2.24) is 5.09 Å². The van der Waals surface area contributed by atoms with Crippen LogP contribution in [-0.2, 0) is 4.52 Å². The van der Waals surface area contributed by atoms with Crippen LogP contribution in [0.15, 0.2) is 43.9 Å². The van der Waals surface area contributed by atoms with Gasteiger partial charge in [-0.3, -0.25) is 0 Å². The van der Waals surface area contributed by atoms with E-state index in [-0.39, 0.29) is 6.04 Å². The van der Waals surface area contributed by atoms with Crippen molar-refractivity contribution < 1.29 is 4.52 Å². The first kappa shape index (κ1) is 15.9. The molecule has 0 unspecified atom stereocenters. The number of nitrogens with one attached hydrogen (secondary N) is 1. The molecule has 2 atom stereocenters. The number of halogens is 4. The number of hydrogen-bond acceptors (Lipinski definition) is 5. The zero-order valence-electron chi connectivity index (χ0n) is 9.77. The van der Waals surface area contributed by atoms with E-state index in [9.17, 15) is 0 Å². The highest BCUT2D eigenvalue weighted by Gasteiger charge is 2.40. The number of benzene rings is 1. The Labute approximate surface area is 135 Å². The standard InChI is InChI=1S/C8H9Cl4N4OP3/c9-18(10)14-19(11,12)16-20(15-18)13-8(6-17-20)7-4-2-1-3-5-7/h1-5,8,13H,6H2/t8-/m0/s1. The minimum atomic E-state index is -2.94. The fraction of sp³-hybridized carbons (Fsp3) is 0.250. The minimum absolute atomic E-state index is 0.0446. The predicted molar refractivity (Wildman–Crippen MR) is 89.7 cm³/mol. The van der Waals surface area contributed by atoms with Gasteiger partial charge in [0.1, 0.15) is 0 Å². The fourth-order valence-corrected chi connectivity index (χ4v) is 16.6. The average molecular weight is 412 g/mol. The van der Waals surface area contributed by atoms with Gasteiger partial charge in [0, 0.05) is 0 Å². The fourth-order valence-electron chi connectivity index (χ4n) is 1.89. The summed E-state index contributed by atoms with van der Waals surface area (Å²) in [6.45, 7) is 0.409. The Morgan fingerprint density at radius 1 is 1.00 bits per heavy atom. The first-order valence-corrected chi connectivity index (χ1v) is 14.1. The minimum Gasteiger partial charge on any atom is -0.314 e. The summed E-state index contributed by atoms with van der Waals surface area (Å²) in [5.41, 5.74) is 1.07. The summed E-state index contributed by atoms with van der Waals surface area (Å²) in [5.74, 6) is -5.89. The van der Waals surface area contributed by atoms with E-state index < -0.39 is 19.4 Å². The van der Waals surface area contributed by atoms with E-state index in [0.29, 0.717) is 6.61 Å². The first-order chi connectivity index (χ1) is 9.29. The van der Waals surface area contributed by atoms with Crippen molar-refractivity contribution in [3.8, 4) is 0 Å². The molecule has 12 heteroatoms. The van der Waals surface area contributed by atoms with Crippen LogP contribution in [0.4, 0.5) is 0 Å². The van der Waals surface area contributed by atoms with Gasteiger partial charge >= 0.3 is 0 Å². The Hall–Kier alpha value is 0.990. The van der Waals surface area contributed by atoms with Crippen LogP contribution < -0.4 is 5.09 Å². The normalized spacial score (nSPS) is 34.1. The topological polar surface area (TPSA) is 58.3 Å². The molecule has 2 aliphatic rings. The van der Waals surface area contributed by atoms with Crippen LogP contribution in [0.3, 0.4) is 0 Å². The first-order valence-electron chi connectivity index (χ1n) is 5.47. The van der Waals surface area contributed by atoms with Gasteiger partial charge in [-0.25, -0.2) is 5.09 Å². The second kappa shape index (κ2) is 5.57. The molecule has 20 heavy (non-hydrogen) atoms. The molecule has 1 N–H and O–H groups in total. The molecule has 2 heterocycles. The monoisotopic (exact) mass is 410 g/mol. The van der Waals surface area contributed by atoms with Gasteiger partial charge < -0.3 is 4.52 Å². The van der Waals surface area contributed by atoms with Crippen molar-refractivity contribution in [2.75, 3.05) is 6.61 Å². The second-order valence-electron chi connectivity index (χ2n) is 4.11. The van der Waals surface area contributed by atoms with Crippen LogP contribution in [0, 0.1) is 0 Å². The van der Waals surface area contributed by atoms with Gasteiger partial charge in [-0.15, -0.1) is 0 Å². The quantitative estimate of drug-likeness (QED) is 0.498. The molecule has 5 nitrogen and oxygen atoms in total. The molecule has 0 aromatic heterocycles. The van der Waals surface area contributed by atoms with Crippen LogP contribution >= 0.6 is 64.4 Å². The van der Waals surface area contributed by atoms with Crippen molar-refractivity contribution in [2.24, 2.45) is 13.5 Å². The molecule has 3 rings (SSSR count). The Morgan fingerprint density at radius 2 is 1.65 bits per heavy atom. The second-order valence-corrected chi connectivity index (χ2v) is 16.4. The van der Waals surface area contributed by atoms with Gasteiger partial charge in [0.2, 0.25) is 0 Å². The maximum Gasteiger partial charge on any atom is 0.279 e. The van der Waals surface area contributed by atoms with Gasteiger partial charge in [0.05, 0.1) is 12.6 Å². The molecule has 1 aromatic carbocycles. The van der Waals surface area contributed by atoms with Crippen LogP contribution in [0.25, 0.3) is 0 Å². The predicted octanol–water partition coefficient (Wildman–Crippen LogP) is 7.15. The van der Waals surface area contributed by atoms with Crippen molar-refractivity contribution in [3.63, 3.8) is 0 Å². The van der Waals surface area contributed by atoms with E-state index in [0.717, 1.165) is 5.56 Å². The number of nitrogens with zero attached hydrogens (tertiary/aromatic N) is 3. The van der Waals surface area contributed by atoms with Gasteiger partial charge in [-0.05, 0) is 50.5 Å². The summed E-state index contributed by atoms with van der Waals surface area (Å²) in [6.07, 6.45) is 0. The molecule has 1 aromatic rings. The molecule has 0 bridgehead atoms. The third-order valence-corrected chi connectivity index (χ3v) is 14.0. The van der Waals surface area contributed by atoms with Crippen LogP contribution in [0.2, 0.25) is 0 Å². The van der Waals surface area contributed by atoms with E-state index in [2.05, 4.69) is 18.6 Å². The lowest BCUT2D eigenvalue weighted by Crippen LogP contribution is -2.11. The molecular formula is C8H9Cl4N4OP3. The third kappa shape index (κ3) is 3.49. The summed E-state index contributed by atoms with van der Waals surface area (Å²) in [5, 5.41) is 3.25. The molecule has 0 radical (unpaired) electrons. The van der Waals surface area contributed by atoms with E-state index in [1.54, 1.807) is 0 Å². The lowest BCUT2D eigenvalue weighted by Gasteiger charge is -2.22. The van der Waals surface area contributed by atoms with E-state index >= 15 is 0 Å². The van der Waals surface area contributed by atoms with Gasteiger partial charge in [0.15, 0.2) is 0 Å². The summed E-state index contributed by atoms with van der Waals surface area (Å²) >= 11 is 24.3. The Morgan fingerprint density at radius 3 is 2.30 bits per heavy atom. The number of rotatable bonds is 1. The molecule has 1 fully saturated rings. The third-order valence-electron chi connectivity index (χ3n) is 2.62. The summed E-state index contributed by atoms with van der Waals surface area (Å²) < 4.78 is 18.2. The highest BCUT2D eigenvalue weighted by molar-refractivity contribution is 8.20. The van der Waals surface area contributed by atoms with Crippen molar-refractivity contribution in [3.05, 3.63) is 35.9 Å². The van der Waals surface area contributed by atoms with Gasteiger partial charge in [-0.1, -0.05) is 30.3 Å². The lowest BCUT2D eigenvalue weighted by atomic mass is 10.1. The average Bonchev–Trinajstić information content (AvgIpc) is 2.69. The largest absolute Gasteiger partial charge is 0.314 e. The zero-order valence-corrected chi connectivity index (χ0v) is 15.5. The SMILES string of the molecule is ClP1(Cl)=NP(Cl)(Cl)=N[P@]2(=N1)N[C@H](c1ccccc1)CO2. The molecule has 0 amide bonds. The molecule has 110 valence electrons. The van der Waals surface area contributed by atoms with Gasteiger partial charge in [-0.2, -0.15) is 13.5 Å². The highest BCUT2D eigenvalue weighted by atomic mass is 35.9. The number of hydrogen-bond donors (Lipinski definition) is 1. The highest BCUT2D eigenvalue weighted by Crippen LogP contribution is 2.85. The van der Waals surface area contributed by atoms with Crippen LogP contribution in [0.1, 0.15) is 11.6 Å². The molecule has 2 aliphatic heterocycles. The molecule has 1 spiro atoms. The lowest BCUT2D eigenvalue weighted by molar-refractivity contribution is 0.359. The molecule has 0 aliphatic carbocycles. The maximum atomic E-state index is 6.07. The summed E-state index contributed by atoms with van der Waals surface area (Å²) in [7, 11) is -2.73. The maximum absolute atomic E-state index is 6.07. The molecular weight excluding hydrogens is 403 g/mol. The van der Waals surface area contributed by atoms with Crippen molar-refractivity contribution in [1.29, 1.82) is 0 Å². The Balaban J connectivity index is 2.00. The Bertz CT molecular complexity index is 689. The smallest absolute Gasteiger partial charge is 0.279 e. The van der Waals surface area contributed by atoms with Crippen LogP contribution in [-0.4, -0.2) is 6.61 Å². The summed E-state index contributed by atoms with van der Waals surface area (Å²) in [4.78, 5) is 0. The van der Waals surface area contributed by atoms with Crippen molar-refractivity contribution in [2.45, 2.75) is 6.04 Å². The van der Waals surface area contributed by atoms with E-state index in [1.807, 2.05) is 30.3 Å². The summed E-state index contributed by atoms with van der Waals surface area (Å²) in [6, 6.07) is 9.78. The Kier molecular flexibility index (Phi) is 4.42. The van der Waals surface area contributed by atoms with Crippen LogP contribution in [0.5, 0.6) is 0 Å². The van der Waals surface area contributed by atoms with E-state index in [4.69, 9.17) is 49.5 Å². The molecule has 1 saturated heterocycles. The van der Waals surface area contributed by atoms with Crippen molar-refractivity contribution >= 4 is 64.4 Å². The zero-order chi connectivity index (χ0) is 14.4. The molecule has 0 saturated carbocycles.